The molecule has 29 heavy (non-hydrogen) atoms. The maximum Gasteiger partial charge on any atom is 0.253 e. The number of rotatable bonds is 2. The molecule has 3 nitrogen and oxygen atoms in total. The fourth-order valence-electron chi connectivity index (χ4n) is 6.89. The van der Waals surface area contributed by atoms with Gasteiger partial charge >= 0.3 is 0 Å². The molecule has 2 bridgehead atoms. The summed E-state index contributed by atoms with van der Waals surface area (Å²) in [6.45, 7) is 1.84. The maximum absolute atomic E-state index is 13.1. The van der Waals surface area contributed by atoms with Gasteiger partial charge in [-0.05, 0) is 91.5 Å². The molecule has 150 valence electrons. The number of fused-ring (bicyclic) bond motifs is 7. The summed E-state index contributed by atoms with van der Waals surface area (Å²) in [5.74, 6) is 3.10. The quantitative estimate of drug-likeness (QED) is 0.728. The van der Waals surface area contributed by atoms with Gasteiger partial charge in [-0.2, -0.15) is 0 Å². The van der Waals surface area contributed by atoms with Gasteiger partial charge in [0.05, 0.1) is 6.04 Å². The molecule has 2 saturated carbocycles. The van der Waals surface area contributed by atoms with Crippen molar-refractivity contribution in [3.8, 4) is 0 Å². The molecule has 0 radical (unpaired) electrons. The average Bonchev–Trinajstić information content (AvgIpc) is 3.42. The molecule has 2 aromatic carbocycles. The highest BCUT2D eigenvalue weighted by molar-refractivity contribution is 5.95. The molecule has 3 fully saturated rings. The minimum absolute atomic E-state index is 0.234. The molecule has 6 rings (SSSR count). The van der Waals surface area contributed by atoms with Crippen molar-refractivity contribution in [3.63, 3.8) is 0 Å². The van der Waals surface area contributed by atoms with Crippen LogP contribution in [0.1, 0.15) is 72.0 Å². The van der Waals surface area contributed by atoms with E-state index in [9.17, 15) is 4.79 Å². The Labute approximate surface area is 173 Å². The van der Waals surface area contributed by atoms with Crippen molar-refractivity contribution >= 4 is 11.6 Å². The highest BCUT2D eigenvalue weighted by Gasteiger charge is 2.53. The molecule has 4 aliphatic rings. The Morgan fingerprint density at radius 1 is 0.931 bits per heavy atom. The number of nitrogens with zero attached hydrogens (tertiary/aromatic N) is 1. The van der Waals surface area contributed by atoms with Gasteiger partial charge in [-0.3, -0.25) is 4.79 Å². The highest BCUT2D eigenvalue weighted by atomic mass is 16.2. The number of nitrogens with one attached hydrogen (secondary N) is 1. The van der Waals surface area contributed by atoms with Crippen molar-refractivity contribution < 1.29 is 4.79 Å². The molecule has 0 unspecified atom stereocenters. The minimum atomic E-state index is 0.234. The molecule has 3 heteroatoms. The van der Waals surface area contributed by atoms with Crippen molar-refractivity contribution in [3.05, 3.63) is 65.2 Å². The molecule has 2 aliphatic carbocycles. The van der Waals surface area contributed by atoms with Crippen LogP contribution in [-0.4, -0.2) is 23.9 Å². The van der Waals surface area contributed by atoms with Gasteiger partial charge in [0.1, 0.15) is 0 Å². The first-order chi connectivity index (χ1) is 14.3. The van der Waals surface area contributed by atoms with Gasteiger partial charge < -0.3 is 10.2 Å². The highest BCUT2D eigenvalue weighted by Crippen LogP contribution is 2.63. The molecule has 2 aliphatic heterocycles. The van der Waals surface area contributed by atoms with Crippen LogP contribution >= 0.6 is 0 Å². The lowest BCUT2D eigenvalue weighted by Gasteiger charge is -2.43. The predicted molar refractivity (Wildman–Crippen MR) is 116 cm³/mol. The van der Waals surface area contributed by atoms with Gasteiger partial charge in [-0.25, -0.2) is 0 Å². The first-order valence-corrected chi connectivity index (χ1v) is 11.5. The van der Waals surface area contributed by atoms with Crippen molar-refractivity contribution in [2.45, 2.75) is 50.5 Å². The third-order valence-corrected chi connectivity index (χ3v) is 8.14. The van der Waals surface area contributed by atoms with Crippen LogP contribution < -0.4 is 5.32 Å². The second kappa shape index (κ2) is 6.90. The number of carbonyl (C=O) groups is 1. The Morgan fingerprint density at radius 3 is 2.55 bits per heavy atom. The first-order valence-electron chi connectivity index (χ1n) is 11.5. The summed E-state index contributed by atoms with van der Waals surface area (Å²) < 4.78 is 0. The van der Waals surface area contributed by atoms with Crippen LogP contribution in [0.4, 0.5) is 5.69 Å². The number of likely N-dealkylation sites (tertiary alicyclic amines) is 1. The summed E-state index contributed by atoms with van der Waals surface area (Å²) in [5, 5.41) is 3.89. The molecule has 0 aromatic heterocycles. The van der Waals surface area contributed by atoms with Crippen molar-refractivity contribution in [1.82, 2.24) is 4.90 Å². The molecular weight excluding hydrogens is 356 g/mol. The number of piperidine rings is 1. The molecule has 2 heterocycles. The Bertz CT molecular complexity index is 918. The van der Waals surface area contributed by atoms with Crippen LogP contribution in [0.3, 0.4) is 0 Å². The smallest absolute Gasteiger partial charge is 0.253 e. The van der Waals surface area contributed by atoms with Crippen LogP contribution in [0.15, 0.2) is 48.5 Å². The fraction of sp³-hybridized carbons (Fsp3) is 0.500. The molecular formula is C26H30N2O. The molecule has 1 amide bonds. The topological polar surface area (TPSA) is 32.3 Å². The maximum atomic E-state index is 13.1. The Balaban J connectivity index is 1.38. The molecule has 0 spiro atoms. The molecule has 1 saturated heterocycles. The summed E-state index contributed by atoms with van der Waals surface area (Å²) in [7, 11) is 0. The SMILES string of the molecule is O=C(c1ccc2c(c1)[C@H]1[C@H]3CC[C@@H](C3)[C@@H]1[C@@H](c1ccccc1)N2)N1CCCCC1. The van der Waals surface area contributed by atoms with Crippen LogP contribution in [0, 0.1) is 17.8 Å². The largest absolute Gasteiger partial charge is 0.378 e. The van der Waals surface area contributed by atoms with Crippen LogP contribution in [0.25, 0.3) is 0 Å². The number of hydrogen-bond acceptors (Lipinski definition) is 2. The van der Waals surface area contributed by atoms with Gasteiger partial charge in [0.15, 0.2) is 0 Å². The number of hydrogen-bond donors (Lipinski definition) is 1. The van der Waals surface area contributed by atoms with E-state index in [2.05, 4.69) is 58.7 Å². The number of amides is 1. The fourth-order valence-corrected chi connectivity index (χ4v) is 6.89. The van der Waals surface area contributed by atoms with Crippen molar-refractivity contribution in [2.24, 2.45) is 17.8 Å². The first kappa shape index (κ1) is 17.6. The van der Waals surface area contributed by atoms with Gasteiger partial charge in [0.2, 0.25) is 0 Å². The molecule has 1 N–H and O–H groups in total. The Kier molecular flexibility index (Phi) is 4.18. The van der Waals surface area contributed by atoms with E-state index in [1.165, 1.54) is 42.5 Å². The van der Waals surface area contributed by atoms with Crippen LogP contribution in [0.5, 0.6) is 0 Å². The van der Waals surface area contributed by atoms with Crippen molar-refractivity contribution in [2.75, 3.05) is 18.4 Å². The predicted octanol–water partition coefficient (Wildman–Crippen LogP) is 5.61. The summed E-state index contributed by atoms with van der Waals surface area (Å²) in [6, 6.07) is 17.9. The monoisotopic (exact) mass is 386 g/mol. The lowest BCUT2D eigenvalue weighted by molar-refractivity contribution is 0.0724. The zero-order valence-corrected chi connectivity index (χ0v) is 17.0. The minimum Gasteiger partial charge on any atom is -0.378 e. The third kappa shape index (κ3) is 2.81. The summed E-state index contributed by atoms with van der Waals surface area (Å²) >= 11 is 0. The normalized spacial score (nSPS) is 32.4. The number of anilines is 1. The molecule has 5 atom stereocenters. The summed E-state index contributed by atoms with van der Waals surface area (Å²) in [4.78, 5) is 15.2. The van der Waals surface area contributed by atoms with Gasteiger partial charge in [0, 0.05) is 24.3 Å². The second-order valence-corrected chi connectivity index (χ2v) is 9.62. The zero-order valence-electron chi connectivity index (χ0n) is 17.0. The lowest BCUT2D eigenvalue weighted by atomic mass is 9.68. The zero-order chi connectivity index (χ0) is 19.4. The van der Waals surface area contributed by atoms with E-state index in [4.69, 9.17) is 0 Å². The second-order valence-electron chi connectivity index (χ2n) is 9.62. The molecule has 2 aromatic rings. The van der Waals surface area contributed by atoms with E-state index in [0.717, 1.165) is 43.3 Å². The third-order valence-electron chi connectivity index (χ3n) is 8.14. The average molecular weight is 387 g/mol. The number of carbonyl (C=O) groups excluding carboxylic acids is 1. The Morgan fingerprint density at radius 2 is 1.72 bits per heavy atom. The lowest BCUT2D eigenvalue weighted by Crippen LogP contribution is -2.37. The van der Waals surface area contributed by atoms with E-state index in [0.29, 0.717) is 17.9 Å². The van der Waals surface area contributed by atoms with Gasteiger partial charge in [0.25, 0.3) is 5.91 Å². The Hall–Kier alpha value is -2.29. The summed E-state index contributed by atoms with van der Waals surface area (Å²) in [6.07, 6.45) is 7.64. The van der Waals surface area contributed by atoms with E-state index in [1.807, 2.05) is 0 Å². The van der Waals surface area contributed by atoms with Crippen LogP contribution in [-0.2, 0) is 0 Å². The van der Waals surface area contributed by atoms with E-state index in [1.54, 1.807) is 0 Å². The van der Waals surface area contributed by atoms with Gasteiger partial charge in [-0.15, -0.1) is 0 Å². The van der Waals surface area contributed by atoms with Crippen molar-refractivity contribution in [1.29, 1.82) is 0 Å². The summed E-state index contributed by atoms with van der Waals surface area (Å²) in [5.41, 5.74) is 4.97. The van der Waals surface area contributed by atoms with E-state index >= 15 is 0 Å². The van der Waals surface area contributed by atoms with E-state index in [-0.39, 0.29) is 5.91 Å². The van der Waals surface area contributed by atoms with Gasteiger partial charge in [-0.1, -0.05) is 30.3 Å². The van der Waals surface area contributed by atoms with Crippen LogP contribution in [0.2, 0.25) is 0 Å². The van der Waals surface area contributed by atoms with E-state index < -0.39 is 0 Å². The number of benzene rings is 2. The standard InChI is InChI=1S/C26H30N2O/c29-26(28-13-5-2-6-14-28)20-11-12-22-21(16-20)23-18-9-10-19(15-18)24(23)25(27-22)17-7-3-1-4-8-17/h1,3-4,7-8,11-12,16,18-19,23-25,27H,2,5-6,9-10,13-15H2/t18-,19-,23+,24-,25+/m0/s1.